The highest BCUT2D eigenvalue weighted by Crippen LogP contribution is 2.34. The Labute approximate surface area is 183 Å². The van der Waals surface area contributed by atoms with Gasteiger partial charge in [0.05, 0.1) is 5.69 Å². The second-order valence-corrected chi connectivity index (χ2v) is 8.25. The first-order valence-electron chi connectivity index (χ1n) is 9.20. The maximum atomic E-state index is 13.2. The van der Waals surface area contributed by atoms with Crippen molar-refractivity contribution >= 4 is 40.9 Å². The summed E-state index contributed by atoms with van der Waals surface area (Å²) in [6.45, 7) is 3.60. The van der Waals surface area contributed by atoms with Gasteiger partial charge in [0.2, 0.25) is 5.91 Å². The van der Waals surface area contributed by atoms with Gasteiger partial charge in [-0.15, -0.1) is 0 Å². The molecule has 7 heteroatoms. The van der Waals surface area contributed by atoms with Gasteiger partial charge in [0.15, 0.2) is 0 Å². The first-order chi connectivity index (χ1) is 14.3. The third-order valence-corrected chi connectivity index (χ3v) is 5.69. The number of hydrogen-bond donors (Lipinski definition) is 2. The van der Waals surface area contributed by atoms with Gasteiger partial charge in [0.25, 0.3) is 5.91 Å². The molecule has 0 atom stereocenters. The highest BCUT2D eigenvalue weighted by atomic mass is 35.5. The van der Waals surface area contributed by atoms with E-state index < -0.39 is 5.82 Å². The van der Waals surface area contributed by atoms with Gasteiger partial charge in [-0.05, 0) is 55.0 Å². The van der Waals surface area contributed by atoms with E-state index in [4.69, 9.17) is 11.6 Å². The molecule has 30 heavy (non-hydrogen) atoms. The third kappa shape index (κ3) is 5.84. The summed E-state index contributed by atoms with van der Waals surface area (Å²) < 4.78 is 13.2. The predicted octanol–water partition coefficient (Wildman–Crippen LogP) is 5.83. The minimum Gasteiger partial charge on any atom is -0.348 e. The summed E-state index contributed by atoms with van der Waals surface area (Å²) in [6.07, 6.45) is 0. The maximum absolute atomic E-state index is 13.2. The van der Waals surface area contributed by atoms with Crippen LogP contribution in [0.1, 0.15) is 28.4 Å². The smallest absolute Gasteiger partial charge is 0.251 e. The Morgan fingerprint density at radius 2 is 1.77 bits per heavy atom. The Morgan fingerprint density at radius 3 is 2.43 bits per heavy atom. The Kier molecular flexibility index (Phi) is 7.13. The van der Waals surface area contributed by atoms with E-state index >= 15 is 0 Å². The molecule has 154 valence electrons. The third-order valence-electron chi connectivity index (χ3n) is 4.26. The second-order valence-electron chi connectivity index (χ2n) is 6.73. The van der Waals surface area contributed by atoms with Gasteiger partial charge < -0.3 is 10.6 Å². The van der Waals surface area contributed by atoms with Crippen molar-refractivity contribution < 1.29 is 14.0 Å². The Bertz CT molecular complexity index is 1090. The van der Waals surface area contributed by atoms with Gasteiger partial charge in [-0.1, -0.05) is 47.1 Å². The largest absolute Gasteiger partial charge is 0.348 e. The standard InChI is InChI=1S/C23H20ClFN2O2S/c1-14-3-8-19(9-4-14)30-22-10-6-16(11-21(22)27-15(2)28)23(29)26-13-17-5-7-18(25)12-20(17)24/h3-12H,13H2,1-2H3,(H,26,29)(H,27,28). The molecule has 4 nitrogen and oxygen atoms in total. The van der Waals surface area contributed by atoms with Crippen LogP contribution in [0.3, 0.4) is 0 Å². The van der Waals surface area contributed by atoms with Crippen molar-refractivity contribution in [2.24, 2.45) is 0 Å². The number of aryl methyl sites for hydroxylation is 1. The van der Waals surface area contributed by atoms with Crippen LogP contribution >= 0.6 is 23.4 Å². The van der Waals surface area contributed by atoms with Gasteiger partial charge in [-0.2, -0.15) is 0 Å². The molecule has 0 radical (unpaired) electrons. The van der Waals surface area contributed by atoms with E-state index in [0.29, 0.717) is 16.8 Å². The molecular formula is C23H20ClFN2O2S. The molecule has 0 aliphatic heterocycles. The summed E-state index contributed by atoms with van der Waals surface area (Å²) >= 11 is 7.51. The summed E-state index contributed by atoms with van der Waals surface area (Å²) in [7, 11) is 0. The molecule has 0 spiro atoms. The Balaban J connectivity index is 1.78. The lowest BCUT2D eigenvalue weighted by atomic mass is 10.1. The summed E-state index contributed by atoms with van der Waals surface area (Å²) in [4.78, 5) is 26.1. The average molecular weight is 443 g/mol. The summed E-state index contributed by atoms with van der Waals surface area (Å²) in [5, 5.41) is 5.80. The molecule has 3 rings (SSSR count). The fourth-order valence-electron chi connectivity index (χ4n) is 2.72. The van der Waals surface area contributed by atoms with Crippen LogP contribution in [0.5, 0.6) is 0 Å². The van der Waals surface area contributed by atoms with Crippen LogP contribution in [0.15, 0.2) is 70.5 Å². The van der Waals surface area contributed by atoms with Crippen LogP contribution in [0.25, 0.3) is 0 Å². The zero-order valence-electron chi connectivity index (χ0n) is 16.5. The number of nitrogens with one attached hydrogen (secondary N) is 2. The molecule has 0 aliphatic carbocycles. The molecule has 0 saturated heterocycles. The Hall–Kier alpha value is -2.83. The van der Waals surface area contributed by atoms with Crippen molar-refractivity contribution in [1.82, 2.24) is 5.32 Å². The van der Waals surface area contributed by atoms with Crippen molar-refractivity contribution in [2.75, 3.05) is 5.32 Å². The number of amides is 2. The van der Waals surface area contributed by atoms with Crippen LogP contribution in [0, 0.1) is 12.7 Å². The van der Waals surface area contributed by atoms with Crippen molar-refractivity contribution in [1.29, 1.82) is 0 Å². The topological polar surface area (TPSA) is 58.2 Å². The van der Waals surface area contributed by atoms with E-state index in [-0.39, 0.29) is 23.4 Å². The lowest BCUT2D eigenvalue weighted by molar-refractivity contribution is -0.114. The number of carbonyl (C=O) groups is 2. The molecule has 0 unspecified atom stereocenters. The highest BCUT2D eigenvalue weighted by Gasteiger charge is 2.13. The number of rotatable bonds is 6. The van der Waals surface area contributed by atoms with E-state index in [1.807, 2.05) is 31.2 Å². The van der Waals surface area contributed by atoms with Crippen LogP contribution in [0.4, 0.5) is 10.1 Å². The van der Waals surface area contributed by atoms with E-state index in [9.17, 15) is 14.0 Å². The lowest BCUT2D eigenvalue weighted by Gasteiger charge is -2.13. The molecule has 2 amide bonds. The first kappa shape index (κ1) is 21.9. The SMILES string of the molecule is CC(=O)Nc1cc(C(=O)NCc2ccc(F)cc2Cl)ccc1Sc1ccc(C)cc1. The minimum absolute atomic E-state index is 0.160. The van der Waals surface area contributed by atoms with E-state index in [1.165, 1.54) is 36.9 Å². The summed E-state index contributed by atoms with van der Waals surface area (Å²) in [5.41, 5.74) is 2.72. The number of hydrogen-bond acceptors (Lipinski definition) is 3. The lowest BCUT2D eigenvalue weighted by Crippen LogP contribution is -2.23. The highest BCUT2D eigenvalue weighted by molar-refractivity contribution is 7.99. The van der Waals surface area contributed by atoms with Crippen LogP contribution in [-0.4, -0.2) is 11.8 Å². The fourth-order valence-corrected chi connectivity index (χ4v) is 3.84. The molecular weight excluding hydrogens is 423 g/mol. The first-order valence-corrected chi connectivity index (χ1v) is 10.4. The van der Waals surface area contributed by atoms with E-state index in [2.05, 4.69) is 10.6 Å². The Morgan fingerprint density at radius 1 is 1.03 bits per heavy atom. The van der Waals surface area contributed by atoms with Crippen LogP contribution in [0.2, 0.25) is 5.02 Å². The summed E-state index contributed by atoms with van der Waals surface area (Å²) in [6, 6.07) is 17.2. The van der Waals surface area contributed by atoms with Crippen molar-refractivity contribution in [3.8, 4) is 0 Å². The number of carbonyl (C=O) groups excluding carboxylic acids is 2. The number of anilines is 1. The molecule has 0 bridgehead atoms. The van der Waals surface area contributed by atoms with Crippen LogP contribution in [-0.2, 0) is 11.3 Å². The molecule has 3 aromatic rings. The van der Waals surface area contributed by atoms with E-state index in [1.54, 1.807) is 18.2 Å². The molecule has 0 aliphatic rings. The second kappa shape index (κ2) is 9.78. The molecule has 0 aromatic heterocycles. The zero-order chi connectivity index (χ0) is 21.7. The quantitative estimate of drug-likeness (QED) is 0.505. The van der Waals surface area contributed by atoms with Gasteiger partial charge in [-0.25, -0.2) is 4.39 Å². The molecule has 0 saturated carbocycles. The average Bonchev–Trinajstić information content (AvgIpc) is 2.69. The van der Waals surface area contributed by atoms with Crippen LogP contribution < -0.4 is 10.6 Å². The summed E-state index contributed by atoms with van der Waals surface area (Å²) in [5.74, 6) is -0.984. The molecule has 2 N–H and O–H groups in total. The van der Waals surface area contributed by atoms with Crippen molar-refractivity contribution in [3.63, 3.8) is 0 Å². The van der Waals surface area contributed by atoms with Crippen molar-refractivity contribution in [3.05, 3.63) is 88.2 Å². The van der Waals surface area contributed by atoms with E-state index in [0.717, 1.165) is 15.4 Å². The maximum Gasteiger partial charge on any atom is 0.251 e. The number of benzene rings is 3. The number of halogens is 2. The van der Waals surface area contributed by atoms with Gasteiger partial charge >= 0.3 is 0 Å². The van der Waals surface area contributed by atoms with Gasteiger partial charge in [0.1, 0.15) is 5.82 Å². The normalized spacial score (nSPS) is 10.5. The minimum atomic E-state index is -0.434. The van der Waals surface area contributed by atoms with Gasteiger partial charge in [-0.3, -0.25) is 9.59 Å². The predicted molar refractivity (Wildman–Crippen MR) is 119 cm³/mol. The zero-order valence-corrected chi connectivity index (χ0v) is 18.0. The van der Waals surface area contributed by atoms with Gasteiger partial charge in [0, 0.05) is 33.8 Å². The molecule has 3 aromatic carbocycles. The molecule has 0 heterocycles. The molecule has 0 fully saturated rings. The fraction of sp³-hybridized carbons (Fsp3) is 0.130. The monoisotopic (exact) mass is 442 g/mol. The van der Waals surface area contributed by atoms with Crippen molar-refractivity contribution in [2.45, 2.75) is 30.2 Å².